The van der Waals surface area contributed by atoms with E-state index >= 15 is 0 Å². The van der Waals surface area contributed by atoms with Crippen LogP contribution in [-0.4, -0.2) is 61.1 Å². The number of nitrogens with zero attached hydrogens (tertiary/aromatic N) is 2. The van der Waals surface area contributed by atoms with Crippen LogP contribution in [0.15, 0.2) is 24.3 Å². The molecule has 1 heterocycles. The number of para-hydroxylation sites is 1. The summed E-state index contributed by atoms with van der Waals surface area (Å²) in [6.45, 7) is 8.78. The van der Waals surface area contributed by atoms with Crippen molar-refractivity contribution in [1.29, 1.82) is 0 Å². The van der Waals surface area contributed by atoms with Crippen molar-refractivity contribution >= 4 is 5.91 Å². The number of carbonyl (C=O) groups excluding carboxylic acids is 1. The number of hydrogen-bond acceptors (Lipinski definition) is 4. The van der Waals surface area contributed by atoms with Gasteiger partial charge in [0, 0.05) is 39.3 Å². The number of carbonyl (C=O) groups is 1. The molecule has 0 aromatic heterocycles. The lowest BCUT2D eigenvalue weighted by molar-refractivity contribution is -0.139. The Morgan fingerprint density at radius 2 is 1.95 bits per heavy atom. The standard InChI is InChI=1S/C17H27N3O2/c1-3-15-6-4-5-7-16(15)22-14(2)17(21)20-12-10-19(9-8-18)11-13-20/h4-7,14H,3,8-13,18H2,1-2H3. The molecule has 1 amide bonds. The summed E-state index contributed by atoms with van der Waals surface area (Å²) in [4.78, 5) is 16.7. The zero-order valence-corrected chi connectivity index (χ0v) is 13.6. The zero-order chi connectivity index (χ0) is 15.9. The fraction of sp³-hybridized carbons (Fsp3) is 0.588. The van der Waals surface area contributed by atoms with Gasteiger partial charge in [-0.25, -0.2) is 0 Å². The zero-order valence-electron chi connectivity index (χ0n) is 13.6. The van der Waals surface area contributed by atoms with Crippen molar-refractivity contribution in [3.05, 3.63) is 29.8 Å². The molecule has 5 heteroatoms. The second-order valence-electron chi connectivity index (χ2n) is 5.68. The van der Waals surface area contributed by atoms with Crippen LogP contribution in [0.5, 0.6) is 5.75 Å². The average molecular weight is 305 g/mol. The molecule has 0 spiro atoms. The molecular weight excluding hydrogens is 278 g/mol. The molecule has 0 radical (unpaired) electrons. The Morgan fingerprint density at radius 3 is 2.59 bits per heavy atom. The van der Waals surface area contributed by atoms with Gasteiger partial charge in [-0.1, -0.05) is 25.1 Å². The van der Waals surface area contributed by atoms with Crippen molar-refractivity contribution < 1.29 is 9.53 Å². The normalized spacial score (nSPS) is 17.3. The third-order valence-corrected chi connectivity index (χ3v) is 4.13. The van der Waals surface area contributed by atoms with Gasteiger partial charge >= 0.3 is 0 Å². The molecule has 1 unspecified atom stereocenters. The van der Waals surface area contributed by atoms with Crippen LogP contribution in [0.4, 0.5) is 0 Å². The first-order chi connectivity index (χ1) is 10.7. The lowest BCUT2D eigenvalue weighted by Gasteiger charge is -2.35. The fourth-order valence-corrected chi connectivity index (χ4v) is 2.78. The van der Waals surface area contributed by atoms with Gasteiger partial charge in [0.1, 0.15) is 5.75 Å². The van der Waals surface area contributed by atoms with Crippen LogP contribution < -0.4 is 10.5 Å². The van der Waals surface area contributed by atoms with Crippen molar-refractivity contribution in [2.75, 3.05) is 39.3 Å². The molecule has 1 aliphatic rings. The molecule has 22 heavy (non-hydrogen) atoms. The molecule has 1 saturated heterocycles. The van der Waals surface area contributed by atoms with Crippen molar-refractivity contribution in [3.8, 4) is 5.75 Å². The number of aryl methyl sites for hydroxylation is 1. The van der Waals surface area contributed by atoms with Gasteiger partial charge in [-0.3, -0.25) is 9.69 Å². The lowest BCUT2D eigenvalue weighted by Crippen LogP contribution is -2.52. The minimum Gasteiger partial charge on any atom is -0.481 e. The summed E-state index contributed by atoms with van der Waals surface area (Å²) in [5.74, 6) is 0.880. The minimum atomic E-state index is -0.450. The summed E-state index contributed by atoms with van der Waals surface area (Å²) >= 11 is 0. The molecule has 2 rings (SSSR count). The SMILES string of the molecule is CCc1ccccc1OC(C)C(=O)N1CCN(CCN)CC1. The van der Waals surface area contributed by atoms with Crippen LogP contribution in [0, 0.1) is 0 Å². The molecule has 1 atom stereocenters. The molecule has 5 nitrogen and oxygen atoms in total. The quantitative estimate of drug-likeness (QED) is 0.855. The van der Waals surface area contributed by atoms with Gasteiger partial charge in [-0.15, -0.1) is 0 Å². The number of ether oxygens (including phenoxy) is 1. The van der Waals surface area contributed by atoms with E-state index in [4.69, 9.17) is 10.5 Å². The van der Waals surface area contributed by atoms with E-state index in [1.54, 1.807) is 0 Å². The predicted molar refractivity (Wildman–Crippen MR) is 88.0 cm³/mol. The summed E-state index contributed by atoms with van der Waals surface area (Å²) in [6.07, 6.45) is 0.447. The van der Waals surface area contributed by atoms with Crippen LogP contribution in [0.1, 0.15) is 19.4 Å². The van der Waals surface area contributed by atoms with Crippen LogP contribution in [0.2, 0.25) is 0 Å². The molecule has 1 aromatic rings. The van der Waals surface area contributed by atoms with E-state index in [1.807, 2.05) is 36.1 Å². The van der Waals surface area contributed by atoms with Crippen LogP contribution in [0.3, 0.4) is 0 Å². The predicted octanol–water partition coefficient (Wildman–Crippen LogP) is 1.12. The van der Waals surface area contributed by atoms with Gasteiger partial charge in [-0.05, 0) is 25.0 Å². The Labute approximate surface area is 133 Å². The minimum absolute atomic E-state index is 0.0679. The largest absolute Gasteiger partial charge is 0.481 e. The van der Waals surface area contributed by atoms with E-state index in [-0.39, 0.29) is 5.91 Å². The highest BCUT2D eigenvalue weighted by molar-refractivity contribution is 5.81. The van der Waals surface area contributed by atoms with Crippen molar-refractivity contribution in [1.82, 2.24) is 9.80 Å². The first-order valence-electron chi connectivity index (χ1n) is 8.11. The topological polar surface area (TPSA) is 58.8 Å². The smallest absolute Gasteiger partial charge is 0.263 e. The van der Waals surface area contributed by atoms with E-state index < -0.39 is 6.10 Å². The van der Waals surface area contributed by atoms with Crippen LogP contribution in [0.25, 0.3) is 0 Å². The number of hydrogen-bond donors (Lipinski definition) is 1. The Morgan fingerprint density at radius 1 is 1.27 bits per heavy atom. The molecular formula is C17H27N3O2. The Kier molecular flexibility index (Phi) is 6.21. The Bertz CT molecular complexity index is 485. The first kappa shape index (κ1) is 16.8. The van der Waals surface area contributed by atoms with E-state index in [0.29, 0.717) is 6.54 Å². The number of piperazine rings is 1. The molecule has 0 aliphatic carbocycles. The van der Waals surface area contributed by atoms with Crippen LogP contribution >= 0.6 is 0 Å². The molecule has 1 aromatic carbocycles. The lowest BCUT2D eigenvalue weighted by atomic mass is 10.1. The van der Waals surface area contributed by atoms with Gasteiger partial charge in [0.2, 0.25) is 0 Å². The third-order valence-electron chi connectivity index (χ3n) is 4.13. The van der Waals surface area contributed by atoms with Gasteiger partial charge in [0.05, 0.1) is 0 Å². The van der Waals surface area contributed by atoms with Crippen molar-refractivity contribution in [2.24, 2.45) is 5.73 Å². The monoisotopic (exact) mass is 305 g/mol. The maximum absolute atomic E-state index is 12.5. The van der Waals surface area contributed by atoms with Crippen molar-refractivity contribution in [2.45, 2.75) is 26.4 Å². The second kappa shape index (κ2) is 8.15. The van der Waals surface area contributed by atoms with E-state index in [1.165, 1.54) is 0 Å². The summed E-state index contributed by atoms with van der Waals surface area (Å²) < 4.78 is 5.90. The Balaban J connectivity index is 1.90. The van der Waals surface area contributed by atoms with Crippen LogP contribution in [-0.2, 0) is 11.2 Å². The highest BCUT2D eigenvalue weighted by Crippen LogP contribution is 2.20. The van der Waals surface area contributed by atoms with Gasteiger partial charge in [-0.2, -0.15) is 0 Å². The van der Waals surface area contributed by atoms with E-state index in [0.717, 1.165) is 50.5 Å². The maximum Gasteiger partial charge on any atom is 0.263 e. The number of rotatable bonds is 6. The summed E-state index contributed by atoms with van der Waals surface area (Å²) in [6, 6.07) is 7.91. The molecule has 0 bridgehead atoms. The summed E-state index contributed by atoms with van der Waals surface area (Å²) in [7, 11) is 0. The average Bonchev–Trinajstić information content (AvgIpc) is 2.55. The summed E-state index contributed by atoms with van der Waals surface area (Å²) in [5.41, 5.74) is 6.71. The fourth-order valence-electron chi connectivity index (χ4n) is 2.78. The molecule has 122 valence electrons. The second-order valence-corrected chi connectivity index (χ2v) is 5.68. The first-order valence-corrected chi connectivity index (χ1v) is 8.11. The third kappa shape index (κ3) is 4.21. The van der Waals surface area contributed by atoms with Gasteiger partial charge < -0.3 is 15.4 Å². The maximum atomic E-state index is 12.5. The molecule has 2 N–H and O–H groups in total. The Hall–Kier alpha value is -1.59. The molecule has 0 saturated carbocycles. The highest BCUT2D eigenvalue weighted by Gasteiger charge is 2.26. The van der Waals surface area contributed by atoms with Gasteiger partial charge in [0.25, 0.3) is 5.91 Å². The van der Waals surface area contributed by atoms with Crippen molar-refractivity contribution in [3.63, 3.8) is 0 Å². The van der Waals surface area contributed by atoms with E-state index in [2.05, 4.69) is 11.8 Å². The highest BCUT2D eigenvalue weighted by atomic mass is 16.5. The van der Waals surface area contributed by atoms with Gasteiger partial charge in [0.15, 0.2) is 6.10 Å². The number of amides is 1. The summed E-state index contributed by atoms with van der Waals surface area (Å²) in [5, 5.41) is 0. The molecule has 1 aliphatic heterocycles. The van der Waals surface area contributed by atoms with E-state index in [9.17, 15) is 4.79 Å². The number of benzene rings is 1. The number of nitrogens with two attached hydrogens (primary N) is 1. The molecule has 1 fully saturated rings.